The van der Waals surface area contributed by atoms with Crippen molar-refractivity contribution in [2.75, 3.05) is 7.05 Å². The molecule has 18 heavy (non-hydrogen) atoms. The molecule has 2 rings (SSSR count). The van der Waals surface area contributed by atoms with Crippen LogP contribution in [0.4, 0.5) is 0 Å². The minimum Gasteiger partial charge on any atom is -0.419 e. The third kappa shape index (κ3) is 2.92. The molecule has 0 fully saturated rings. The van der Waals surface area contributed by atoms with E-state index >= 15 is 0 Å². The van der Waals surface area contributed by atoms with E-state index in [1.165, 1.54) is 0 Å². The molecule has 1 heterocycles. The summed E-state index contributed by atoms with van der Waals surface area (Å²) in [5.74, 6) is 1.17. The van der Waals surface area contributed by atoms with Gasteiger partial charge in [-0.3, -0.25) is 0 Å². The van der Waals surface area contributed by atoms with Crippen LogP contribution in [0.15, 0.2) is 27.1 Å². The van der Waals surface area contributed by atoms with Crippen molar-refractivity contribution < 1.29 is 4.42 Å². The zero-order chi connectivity index (χ0) is 13.1. The highest BCUT2D eigenvalue weighted by Crippen LogP contribution is 2.30. The summed E-state index contributed by atoms with van der Waals surface area (Å²) < 4.78 is 7.82. The second-order valence-electron chi connectivity index (χ2n) is 3.82. The molecule has 1 aromatic carbocycles. The highest BCUT2D eigenvalue weighted by Gasteiger charge is 2.17. The van der Waals surface area contributed by atoms with E-state index in [0.29, 0.717) is 11.8 Å². The van der Waals surface area contributed by atoms with E-state index < -0.39 is 0 Å². The topological polar surface area (TPSA) is 51.0 Å². The lowest BCUT2D eigenvalue weighted by Gasteiger charge is -2.07. The van der Waals surface area contributed by atoms with E-state index in [4.69, 9.17) is 4.42 Å². The average molecular weight is 422 g/mol. The fourth-order valence-electron chi connectivity index (χ4n) is 1.65. The molecule has 4 nitrogen and oxygen atoms in total. The summed E-state index contributed by atoms with van der Waals surface area (Å²) in [6, 6.07) is 6.12. The van der Waals surface area contributed by atoms with Crippen molar-refractivity contribution in [3.8, 4) is 11.5 Å². The van der Waals surface area contributed by atoms with Crippen LogP contribution in [0.25, 0.3) is 11.5 Å². The summed E-state index contributed by atoms with van der Waals surface area (Å²) >= 11 is 5.76. The van der Waals surface area contributed by atoms with Crippen molar-refractivity contribution in [1.82, 2.24) is 15.5 Å². The Bertz CT molecular complexity index is 540. The molecular formula is C12H13BrIN3O. The summed E-state index contributed by atoms with van der Waals surface area (Å²) in [4.78, 5) is 0. The molecular weight excluding hydrogens is 409 g/mol. The van der Waals surface area contributed by atoms with E-state index in [2.05, 4.69) is 61.0 Å². The van der Waals surface area contributed by atoms with Gasteiger partial charge in [-0.15, -0.1) is 10.2 Å². The summed E-state index contributed by atoms with van der Waals surface area (Å²) in [5.41, 5.74) is 0.923. The highest BCUT2D eigenvalue weighted by molar-refractivity contribution is 14.1. The summed E-state index contributed by atoms with van der Waals surface area (Å²) in [6.45, 7) is 2.08. The number of hydrogen-bond acceptors (Lipinski definition) is 4. The minimum absolute atomic E-state index is 0.104. The Balaban J connectivity index is 2.37. The van der Waals surface area contributed by atoms with Crippen molar-refractivity contribution >= 4 is 38.5 Å². The maximum atomic E-state index is 5.73. The lowest BCUT2D eigenvalue weighted by molar-refractivity contribution is 0.415. The van der Waals surface area contributed by atoms with Gasteiger partial charge in [-0.1, -0.05) is 6.92 Å². The molecule has 6 heteroatoms. The van der Waals surface area contributed by atoms with Crippen LogP contribution in [-0.2, 0) is 0 Å². The molecule has 1 N–H and O–H groups in total. The van der Waals surface area contributed by atoms with Gasteiger partial charge in [0.05, 0.1) is 11.6 Å². The van der Waals surface area contributed by atoms with Crippen LogP contribution in [0.1, 0.15) is 25.3 Å². The normalized spacial score (nSPS) is 12.7. The Labute approximate surface area is 128 Å². The third-order valence-electron chi connectivity index (χ3n) is 2.65. The Morgan fingerprint density at radius 1 is 1.44 bits per heavy atom. The fourth-order valence-corrected chi connectivity index (χ4v) is 2.56. The van der Waals surface area contributed by atoms with E-state index in [1.807, 2.05) is 25.2 Å². The highest BCUT2D eigenvalue weighted by atomic mass is 127. The number of benzene rings is 1. The predicted octanol–water partition coefficient (Wildman–Crippen LogP) is 3.77. The monoisotopic (exact) mass is 421 g/mol. The molecule has 0 amide bonds. The van der Waals surface area contributed by atoms with Crippen LogP contribution in [0.5, 0.6) is 0 Å². The Hall–Kier alpha value is -0.470. The third-order valence-corrected chi connectivity index (χ3v) is 4.02. The molecule has 0 radical (unpaired) electrons. The standard InChI is InChI=1S/C12H13BrIN3O/c1-3-10(15-2)12-17-16-11(18-12)8-6-7(14)4-5-9(8)13/h4-6,10,15H,3H2,1-2H3. The van der Waals surface area contributed by atoms with E-state index in [1.54, 1.807) is 0 Å². The molecule has 1 atom stereocenters. The van der Waals surface area contributed by atoms with Crippen LogP contribution < -0.4 is 5.32 Å². The molecule has 1 aromatic heterocycles. The largest absolute Gasteiger partial charge is 0.419 e. The van der Waals surface area contributed by atoms with Gasteiger partial charge in [0, 0.05) is 8.04 Å². The number of nitrogens with zero attached hydrogens (tertiary/aromatic N) is 2. The molecule has 0 spiro atoms. The summed E-state index contributed by atoms with van der Waals surface area (Å²) in [6.07, 6.45) is 0.908. The maximum Gasteiger partial charge on any atom is 0.249 e. The first-order valence-electron chi connectivity index (χ1n) is 5.61. The van der Waals surface area contributed by atoms with Crippen LogP contribution in [-0.4, -0.2) is 17.2 Å². The molecule has 0 saturated heterocycles. The zero-order valence-corrected chi connectivity index (χ0v) is 13.8. The second-order valence-corrected chi connectivity index (χ2v) is 5.92. The fraction of sp³-hybridized carbons (Fsp3) is 0.333. The first-order chi connectivity index (χ1) is 8.65. The molecule has 0 aliphatic carbocycles. The first-order valence-corrected chi connectivity index (χ1v) is 7.49. The molecule has 1 unspecified atom stereocenters. The van der Waals surface area contributed by atoms with Crippen molar-refractivity contribution in [2.24, 2.45) is 0 Å². The Morgan fingerprint density at radius 2 is 2.22 bits per heavy atom. The van der Waals surface area contributed by atoms with Crippen molar-refractivity contribution in [3.05, 3.63) is 32.1 Å². The number of rotatable bonds is 4. The Kier molecular flexibility index (Phi) is 4.74. The zero-order valence-electron chi connectivity index (χ0n) is 10.1. The van der Waals surface area contributed by atoms with Crippen LogP contribution in [0.3, 0.4) is 0 Å². The molecule has 0 aliphatic heterocycles. The summed E-state index contributed by atoms with van der Waals surface area (Å²) in [5, 5.41) is 11.4. The van der Waals surface area contributed by atoms with Gasteiger partial charge in [0.1, 0.15) is 0 Å². The first kappa shape index (κ1) is 14.0. The second kappa shape index (κ2) is 6.12. The lowest BCUT2D eigenvalue weighted by Crippen LogP contribution is -2.15. The van der Waals surface area contributed by atoms with Gasteiger partial charge in [0.25, 0.3) is 0 Å². The van der Waals surface area contributed by atoms with Gasteiger partial charge >= 0.3 is 0 Å². The molecule has 96 valence electrons. The molecule has 2 aromatic rings. The Morgan fingerprint density at radius 3 is 2.89 bits per heavy atom. The van der Waals surface area contributed by atoms with Gasteiger partial charge < -0.3 is 9.73 Å². The van der Waals surface area contributed by atoms with Crippen LogP contribution in [0, 0.1) is 3.57 Å². The van der Waals surface area contributed by atoms with Crippen molar-refractivity contribution in [3.63, 3.8) is 0 Å². The predicted molar refractivity (Wildman–Crippen MR) is 82.2 cm³/mol. The van der Waals surface area contributed by atoms with Gasteiger partial charge in [0.2, 0.25) is 11.8 Å². The number of halogens is 2. The van der Waals surface area contributed by atoms with Gasteiger partial charge in [-0.2, -0.15) is 0 Å². The lowest BCUT2D eigenvalue weighted by atomic mass is 10.2. The number of aromatic nitrogens is 2. The smallest absolute Gasteiger partial charge is 0.249 e. The SMILES string of the molecule is CCC(NC)c1nnc(-c2cc(I)ccc2Br)o1. The van der Waals surface area contributed by atoms with Gasteiger partial charge in [-0.05, 0) is 70.2 Å². The minimum atomic E-state index is 0.104. The summed E-state index contributed by atoms with van der Waals surface area (Å²) in [7, 11) is 1.89. The van der Waals surface area contributed by atoms with Crippen LogP contribution in [0.2, 0.25) is 0 Å². The average Bonchev–Trinajstić information content (AvgIpc) is 2.83. The maximum absolute atomic E-state index is 5.73. The van der Waals surface area contributed by atoms with Gasteiger partial charge in [-0.25, -0.2) is 0 Å². The quantitative estimate of drug-likeness (QED) is 0.763. The molecule has 0 aliphatic rings. The number of nitrogens with one attached hydrogen (secondary N) is 1. The van der Waals surface area contributed by atoms with E-state index in [0.717, 1.165) is 20.0 Å². The van der Waals surface area contributed by atoms with E-state index in [9.17, 15) is 0 Å². The van der Waals surface area contributed by atoms with Crippen molar-refractivity contribution in [2.45, 2.75) is 19.4 Å². The van der Waals surface area contributed by atoms with E-state index in [-0.39, 0.29) is 6.04 Å². The number of hydrogen-bond donors (Lipinski definition) is 1. The molecule has 0 saturated carbocycles. The van der Waals surface area contributed by atoms with Crippen molar-refractivity contribution in [1.29, 1.82) is 0 Å². The molecule has 0 bridgehead atoms. The van der Waals surface area contributed by atoms with Gasteiger partial charge in [0.15, 0.2) is 0 Å². The van der Waals surface area contributed by atoms with Crippen LogP contribution >= 0.6 is 38.5 Å².